The number of unbranched alkanes of at least 4 members (excludes halogenated alkanes) is 1. The Morgan fingerprint density at radius 2 is 2.00 bits per heavy atom. The van der Waals surface area contributed by atoms with Gasteiger partial charge < -0.3 is 10.2 Å². The maximum absolute atomic E-state index is 15.0. The average molecular weight is 535 g/mol. The smallest absolute Gasteiger partial charge is 0.195 e. The van der Waals surface area contributed by atoms with Gasteiger partial charge in [-0.2, -0.15) is 0 Å². The van der Waals surface area contributed by atoms with Crippen molar-refractivity contribution in [2.75, 3.05) is 26.2 Å². The number of ketones is 1. The van der Waals surface area contributed by atoms with E-state index in [0.29, 0.717) is 17.7 Å². The first kappa shape index (κ1) is 24.4. The first-order chi connectivity index (χ1) is 18.5. The molecule has 8 heteroatoms. The summed E-state index contributed by atoms with van der Waals surface area (Å²) < 4.78 is 31.7. The average Bonchev–Trinajstić information content (AvgIpc) is 3.67. The Morgan fingerprint density at radius 3 is 2.76 bits per heavy atom. The van der Waals surface area contributed by atoms with Crippen LogP contribution in [0.5, 0.6) is 0 Å². The van der Waals surface area contributed by atoms with Crippen LogP contribution in [0.2, 0.25) is 0 Å². The Labute approximate surface area is 224 Å². The first-order valence-corrected chi connectivity index (χ1v) is 14.7. The molecule has 5 heterocycles. The molecule has 2 aromatic heterocycles. The van der Waals surface area contributed by atoms with Gasteiger partial charge in [-0.3, -0.25) is 9.20 Å². The molecule has 0 amide bonds. The number of piperidine rings is 2. The van der Waals surface area contributed by atoms with Gasteiger partial charge in [0.25, 0.3) is 0 Å². The van der Waals surface area contributed by atoms with Crippen molar-refractivity contribution in [3.05, 3.63) is 59.5 Å². The van der Waals surface area contributed by atoms with Crippen LogP contribution in [-0.2, 0) is 0 Å². The predicted octanol–water partition coefficient (Wildman–Crippen LogP) is 6.42. The van der Waals surface area contributed by atoms with E-state index in [1.807, 2.05) is 40.9 Å². The number of benzene rings is 2. The lowest BCUT2D eigenvalue weighted by atomic mass is 9.69. The summed E-state index contributed by atoms with van der Waals surface area (Å²) >= 11 is 1.52. The number of nitrogens with zero attached hydrogens (tertiary/aromatic N) is 3. The van der Waals surface area contributed by atoms with E-state index in [1.54, 1.807) is 6.07 Å². The van der Waals surface area contributed by atoms with Gasteiger partial charge in [0.2, 0.25) is 0 Å². The molecule has 1 saturated carbocycles. The largest absolute Gasteiger partial charge is 0.310 e. The van der Waals surface area contributed by atoms with Crippen LogP contribution >= 0.6 is 11.3 Å². The fraction of sp³-hybridized carbons (Fsp3) is 0.467. The van der Waals surface area contributed by atoms with Crippen LogP contribution in [0.1, 0.15) is 60.5 Å². The van der Waals surface area contributed by atoms with Crippen LogP contribution in [0.25, 0.3) is 26.4 Å². The molecule has 8 rings (SSSR count). The highest BCUT2D eigenvalue weighted by Crippen LogP contribution is 2.42. The molecule has 1 N–H and O–H groups in total. The fourth-order valence-electron chi connectivity index (χ4n) is 6.60. The minimum atomic E-state index is -0.582. The second kappa shape index (κ2) is 9.81. The number of rotatable bonds is 8. The Kier molecular flexibility index (Phi) is 6.29. The molecule has 2 bridgehead atoms. The van der Waals surface area contributed by atoms with Crippen LogP contribution in [0.15, 0.2) is 42.6 Å². The third-order valence-corrected chi connectivity index (χ3v) is 9.79. The first-order valence-electron chi connectivity index (χ1n) is 13.9. The number of halogens is 2. The SMILES string of the molecule is O=C(CCCCN1CC2CC(C1)C2F)c1ccc2c(c1)sc1nc(-c3ccc([C@@H]4CCCN4)cc3F)cn12. The zero-order valence-electron chi connectivity index (χ0n) is 21.3. The number of carbonyl (C=O) groups is 1. The van der Waals surface area contributed by atoms with Crippen molar-refractivity contribution >= 4 is 32.3 Å². The van der Waals surface area contributed by atoms with Crippen LogP contribution in [-0.4, -0.2) is 52.4 Å². The third-order valence-electron chi connectivity index (χ3n) is 8.77. The van der Waals surface area contributed by atoms with Crippen LogP contribution in [0, 0.1) is 17.7 Å². The number of fused-ring (bicyclic) bond motifs is 5. The summed E-state index contributed by atoms with van der Waals surface area (Å²) in [6.45, 7) is 3.69. The molecule has 3 atom stereocenters. The Hall–Kier alpha value is -2.68. The maximum Gasteiger partial charge on any atom is 0.195 e. The molecule has 2 aromatic carbocycles. The van der Waals surface area contributed by atoms with Gasteiger partial charge in [0.1, 0.15) is 12.0 Å². The van der Waals surface area contributed by atoms with E-state index in [1.165, 1.54) is 11.3 Å². The Balaban J connectivity index is 1.01. The van der Waals surface area contributed by atoms with E-state index in [2.05, 4.69) is 10.2 Å². The molecule has 3 saturated heterocycles. The lowest BCUT2D eigenvalue weighted by Crippen LogP contribution is -2.56. The van der Waals surface area contributed by atoms with Crippen molar-refractivity contribution in [2.24, 2.45) is 11.8 Å². The minimum absolute atomic E-state index is 0.155. The number of hydrogen-bond acceptors (Lipinski definition) is 5. The highest BCUT2D eigenvalue weighted by atomic mass is 32.1. The highest BCUT2D eigenvalue weighted by molar-refractivity contribution is 7.23. The number of carbonyl (C=O) groups excluding carboxylic acids is 1. The molecule has 4 aromatic rings. The number of nitrogens with one attached hydrogen (secondary N) is 1. The topological polar surface area (TPSA) is 49.6 Å². The van der Waals surface area contributed by atoms with Crippen molar-refractivity contribution in [1.29, 1.82) is 0 Å². The van der Waals surface area contributed by atoms with Crippen LogP contribution < -0.4 is 5.32 Å². The van der Waals surface area contributed by atoms with Crippen LogP contribution in [0.4, 0.5) is 8.78 Å². The van der Waals surface area contributed by atoms with Gasteiger partial charge in [-0.1, -0.05) is 17.4 Å². The second-order valence-electron chi connectivity index (χ2n) is 11.3. The van der Waals surface area contributed by atoms with E-state index < -0.39 is 6.17 Å². The van der Waals surface area contributed by atoms with Crippen LogP contribution in [0.3, 0.4) is 0 Å². The molecule has 2 unspecified atom stereocenters. The molecule has 0 spiro atoms. The van der Waals surface area contributed by atoms with Gasteiger partial charge in [-0.15, -0.1) is 0 Å². The van der Waals surface area contributed by atoms with Crippen molar-refractivity contribution in [3.8, 4) is 11.3 Å². The van der Waals surface area contributed by atoms with E-state index in [-0.39, 0.29) is 29.5 Å². The van der Waals surface area contributed by atoms with E-state index in [0.717, 1.165) is 84.6 Å². The van der Waals surface area contributed by atoms with E-state index in [9.17, 15) is 9.18 Å². The monoisotopic (exact) mass is 534 g/mol. The van der Waals surface area contributed by atoms with E-state index in [4.69, 9.17) is 4.98 Å². The molecule has 0 radical (unpaired) electrons. The Bertz CT molecular complexity index is 1490. The summed E-state index contributed by atoms with van der Waals surface area (Å²) in [6, 6.07) is 11.5. The second-order valence-corrected chi connectivity index (χ2v) is 12.3. The summed E-state index contributed by atoms with van der Waals surface area (Å²) in [5.74, 6) is 0.387. The van der Waals surface area contributed by atoms with E-state index >= 15 is 4.39 Å². The number of aromatic nitrogens is 2. The number of Topliss-reactive ketones (excluding diaryl/α,β-unsaturated/α-hetero) is 1. The van der Waals surface area contributed by atoms with Crippen molar-refractivity contribution in [3.63, 3.8) is 0 Å². The number of hydrogen-bond donors (Lipinski definition) is 1. The van der Waals surface area contributed by atoms with Gasteiger partial charge in [0.05, 0.1) is 15.9 Å². The third kappa shape index (κ3) is 4.36. The molecule has 198 valence electrons. The van der Waals surface area contributed by atoms with Gasteiger partial charge in [-0.25, -0.2) is 13.8 Å². The van der Waals surface area contributed by atoms with Crippen molar-refractivity contribution < 1.29 is 13.6 Å². The summed E-state index contributed by atoms with van der Waals surface area (Å²) in [4.78, 5) is 20.7. The van der Waals surface area contributed by atoms with Gasteiger partial charge in [-0.05, 0) is 81.1 Å². The quantitative estimate of drug-likeness (QED) is 0.209. The normalized spacial score (nSPS) is 25.3. The molecule has 1 aliphatic carbocycles. The molecule has 4 fully saturated rings. The number of thiazole rings is 1. The number of imidazole rings is 1. The summed E-state index contributed by atoms with van der Waals surface area (Å²) in [7, 11) is 0. The molecular formula is C30H32F2N4OS. The maximum atomic E-state index is 15.0. The molecule has 38 heavy (non-hydrogen) atoms. The summed E-state index contributed by atoms with van der Waals surface area (Å²) in [6.07, 6.45) is 6.85. The zero-order valence-corrected chi connectivity index (χ0v) is 22.2. The standard InChI is InChI=1S/C30H32F2N4OS/c31-23-13-18(24-4-3-10-33-24)6-8-22(23)25-17-36-26-9-7-19(14-28(26)38-30(36)34-25)27(37)5-1-2-11-35-15-20-12-21(16-35)29(20)32/h6-9,13-14,17,20-21,24,29,33H,1-5,10-12,15-16H2/t20?,21?,24-,29?/m0/s1. The Morgan fingerprint density at radius 1 is 1.13 bits per heavy atom. The number of alkyl halides is 1. The fourth-order valence-corrected chi connectivity index (χ4v) is 7.65. The predicted molar refractivity (Wildman–Crippen MR) is 147 cm³/mol. The summed E-state index contributed by atoms with van der Waals surface area (Å²) in [5.41, 5.74) is 3.82. The highest BCUT2D eigenvalue weighted by Gasteiger charge is 2.46. The summed E-state index contributed by atoms with van der Waals surface area (Å²) in [5, 5.41) is 3.42. The van der Waals surface area contributed by atoms with Crippen molar-refractivity contribution in [2.45, 2.75) is 50.7 Å². The molecule has 5 nitrogen and oxygen atoms in total. The minimum Gasteiger partial charge on any atom is -0.310 e. The molecule has 4 aliphatic rings. The lowest BCUT2D eigenvalue weighted by Gasteiger charge is -2.49. The van der Waals surface area contributed by atoms with Gasteiger partial charge in [0, 0.05) is 54.7 Å². The van der Waals surface area contributed by atoms with Gasteiger partial charge >= 0.3 is 0 Å². The zero-order chi connectivity index (χ0) is 25.8. The lowest BCUT2D eigenvalue weighted by molar-refractivity contribution is -0.0615. The van der Waals surface area contributed by atoms with Gasteiger partial charge in [0.15, 0.2) is 10.7 Å². The molecule has 3 aliphatic heterocycles. The molecular weight excluding hydrogens is 502 g/mol. The van der Waals surface area contributed by atoms with Crippen molar-refractivity contribution in [1.82, 2.24) is 19.6 Å².